The van der Waals surface area contributed by atoms with Crippen LogP contribution in [0.5, 0.6) is 0 Å². The average Bonchev–Trinajstić information content (AvgIpc) is 2.84. The van der Waals surface area contributed by atoms with Gasteiger partial charge in [0.05, 0.1) is 0 Å². The molecule has 3 rings (SSSR count). The Balaban J connectivity index is 1.58. The molecule has 0 radical (unpaired) electrons. The van der Waals surface area contributed by atoms with E-state index in [2.05, 4.69) is 17.1 Å². The van der Waals surface area contributed by atoms with E-state index in [-0.39, 0.29) is 0 Å². The van der Waals surface area contributed by atoms with Gasteiger partial charge in [-0.25, -0.2) is 0 Å². The van der Waals surface area contributed by atoms with Crippen LogP contribution in [0.3, 0.4) is 0 Å². The van der Waals surface area contributed by atoms with Gasteiger partial charge in [-0.15, -0.1) is 0 Å². The van der Waals surface area contributed by atoms with Crippen molar-refractivity contribution in [1.82, 2.24) is 10.2 Å². The fourth-order valence-electron chi connectivity index (χ4n) is 4.35. The third kappa shape index (κ3) is 3.95. The van der Waals surface area contributed by atoms with Gasteiger partial charge in [-0.05, 0) is 62.4 Å². The van der Waals surface area contributed by atoms with Crippen LogP contribution in [0.15, 0.2) is 0 Å². The molecule has 3 saturated heterocycles. The average molecular weight is 311 g/mol. The minimum atomic E-state index is 0.444. The molecule has 1 amide bonds. The molecule has 2 bridgehead atoms. The predicted octanol–water partition coefficient (Wildman–Crippen LogP) is 3.04. The number of piperidine rings is 1. The van der Waals surface area contributed by atoms with Crippen molar-refractivity contribution in [2.75, 3.05) is 18.1 Å². The molecule has 3 aliphatic heterocycles. The van der Waals surface area contributed by atoms with E-state index in [1.165, 1.54) is 50.0 Å². The quantitative estimate of drug-likeness (QED) is 0.847. The highest BCUT2D eigenvalue weighted by Gasteiger charge is 2.37. The highest BCUT2D eigenvalue weighted by atomic mass is 32.2. The van der Waals surface area contributed by atoms with Crippen molar-refractivity contribution in [1.29, 1.82) is 0 Å². The third-order valence-corrected chi connectivity index (χ3v) is 6.53. The molecule has 0 aromatic rings. The Kier molecular flexibility index (Phi) is 5.49. The molecule has 0 aliphatic carbocycles. The molecule has 1 N–H and O–H groups in total. The molecule has 2 unspecified atom stereocenters. The van der Waals surface area contributed by atoms with Gasteiger partial charge in [0.2, 0.25) is 5.91 Å². The molecule has 0 spiro atoms. The maximum atomic E-state index is 12.8. The molecule has 3 heterocycles. The number of amides is 1. The number of thioether (sulfide) groups is 1. The molecule has 120 valence electrons. The highest BCUT2D eigenvalue weighted by Crippen LogP contribution is 2.31. The molecule has 3 aliphatic rings. The lowest BCUT2D eigenvalue weighted by Crippen LogP contribution is -2.50. The van der Waals surface area contributed by atoms with Crippen molar-refractivity contribution in [3.05, 3.63) is 0 Å². The van der Waals surface area contributed by atoms with E-state index >= 15 is 0 Å². The van der Waals surface area contributed by atoms with Crippen LogP contribution in [-0.4, -0.2) is 47.0 Å². The van der Waals surface area contributed by atoms with Crippen molar-refractivity contribution in [2.45, 2.75) is 76.4 Å². The molecule has 3 fully saturated rings. The van der Waals surface area contributed by atoms with Crippen LogP contribution in [0.25, 0.3) is 0 Å². The molecule has 0 aromatic carbocycles. The first-order valence-corrected chi connectivity index (χ1v) is 10.0. The second-order valence-corrected chi connectivity index (χ2v) is 8.33. The van der Waals surface area contributed by atoms with Crippen molar-refractivity contribution >= 4 is 17.7 Å². The van der Waals surface area contributed by atoms with Crippen molar-refractivity contribution in [2.24, 2.45) is 5.92 Å². The number of fused-ring (bicyclic) bond motifs is 2. The summed E-state index contributed by atoms with van der Waals surface area (Å²) in [5, 5.41) is 3.70. The van der Waals surface area contributed by atoms with Crippen LogP contribution in [-0.2, 0) is 4.79 Å². The predicted molar refractivity (Wildman–Crippen MR) is 89.6 cm³/mol. The van der Waals surface area contributed by atoms with Crippen LogP contribution < -0.4 is 5.32 Å². The second kappa shape index (κ2) is 7.36. The maximum absolute atomic E-state index is 12.8. The van der Waals surface area contributed by atoms with E-state index in [1.807, 2.05) is 11.8 Å². The van der Waals surface area contributed by atoms with Gasteiger partial charge >= 0.3 is 0 Å². The van der Waals surface area contributed by atoms with E-state index < -0.39 is 0 Å². The number of rotatable bonds is 5. The number of nitrogens with one attached hydrogen (secondary N) is 1. The third-order valence-electron chi connectivity index (χ3n) is 5.48. The van der Waals surface area contributed by atoms with E-state index in [0.29, 0.717) is 30.0 Å². The summed E-state index contributed by atoms with van der Waals surface area (Å²) in [5.74, 6) is 3.60. The number of nitrogens with zero attached hydrogens (tertiary/aromatic N) is 1. The van der Waals surface area contributed by atoms with Gasteiger partial charge in [0.15, 0.2) is 0 Å². The van der Waals surface area contributed by atoms with Gasteiger partial charge in [0.25, 0.3) is 0 Å². The van der Waals surface area contributed by atoms with Crippen LogP contribution in [0.1, 0.15) is 58.3 Å². The number of hydrogen-bond donors (Lipinski definition) is 1. The number of carbonyl (C=O) groups excluding carboxylic acids is 1. The molecule has 0 saturated carbocycles. The van der Waals surface area contributed by atoms with Crippen molar-refractivity contribution in [3.8, 4) is 0 Å². The Hall–Kier alpha value is -0.220. The summed E-state index contributed by atoms with van der Waals surface area (Å²) in [4.78, 5) is 15.1. The number of carbonyl (C=O) groups is 1. The summed E-state index contributed by atoms with van der Waals surface area (Å²) < 4.78 is 0. The first kappa shape index (κ1) is 15.7. The van der Waals surface area contributed by atoms with Gasteiger partial charge in [-0.1, -0.05) is 6.92 Å². The number of hydrogen-bond acceptors (Lipinski definition) is 3. The minimum absolute atomic E-state index is 0.444. The molecule has 0 aromatic heterocycles. The smallest absolute Gasteiger partial charge is 0.223 e. The van der Waals surface area contributed by atoms with Gasteiger partial charge in [-0.3, -0.25) is 4.79 Å². The van der Waals surface area contributed by atoms with Gasteiger partial charge in [0, 0.05) is 31.1 Å². The summed E-state index contributed by atoms with van der Waals surface area (Å²) in [6.07, 6.45) is 9.38. The summed E-state index contributed by atoms with van der Waals surface area (Å²) in [6.45, 7) is 3.16. The van der Waals surface area contributed by atoms with Crippen LogP contribution >= 0.6 is 11.8 Å². The van der Waals surface area contributed by atoms with E-state index in [4.69, 9.17) is 0 Å². The topological polar surface area (TPSA) is 32.3 Å². The van der Waals surface area contributed by atoms with Crippen molar-refractivity contribution in [3.63, 3.8) is 0 Å². The molecule has 3 nitrogen and oxygen atoms in total. The Morgan fingerprint density at radius 1 is 1.14 bits per heavy atom. The van der Waals surface area contributed by atoms with E-state index in [9.17, 15) is 4.79 Å². The monoisotopic (exact) mass is 310 g/mol. The normalized spacial score (nSPS) is 33.1. The first-order valence-electron chi connectivity index (χ1n) is 8.89. The Morgan fingerprint density at radius 2 is 1.81 bits per heavy atom. The Bertz CT molecular complexity index is 345. The fraction of sp³-hybridized carbons (Fsp3) is 0.941. The van der Waals surface area contributed by atoms with Crippen molar-refractivity contribution < 1.29 is 4.79 Å². The Labute approximate surface area is 133 Å². The fourth-order valence-corrected chi connectivity index (χ4v) is 5.55. The minimum Gasteiger partial charge on any atom is -0.340 e. The highest BCUT2D eigenvalue weighted by molar-refractivity contribution is 7.99. The summed E-state index contributed by atoms with van der Waals surface area (Å²) in [6, 6.07) is 1.85. The van der Waals surface area contributed by atoms with Crippen LogP contribution in [0.2, 0.25) is 0 Å². The SMILES string of the molecule is CCCN(C(=O)CC1CCSCC1)C1CC2CCC(C1)N2. The van der Waals surface area contributed by atoms with E-state index in [0.717, 1.165) is 19.4 Å². The molecular weight excluding hydrogens is 280 g/mol. The molecule has 21 heavy (non-hydrogen) atoms. The summed E-state index contributed by atoms with van der Waals surface area (Å²) >= 11 is 2.05. The zero-order valence-corrected chi connectivity index (χ0v) is 14.2. The zero-order chi connectivity index (χ0) is 14.7. The Morgan fingerprint density at radius 3 is 2.43 bits per heavy atom. The maximum Gasteiger partial charge on any atom is 0.223 e. The lowest BCUT2D eigenvalue weighted by atomic mass is 9.94. The van der Waals surface area contributed by atoms with Gasteiger partial charge in [-0.2, -0.15) is 11.8 Å². The first-order chi connectivity index (χ1) is 10.3. The molecular formula is C17H30N2OS. The second-order valence-electron chi connectivity index (χ2n) is 7.11. The molecule has 4 heteroatoms. The standard InChI is InChI=1S/C17H30N2OS/c1-2-7-19(16-11-14-3-4-15(12-16)18-14)17(20)10-13-5-8-21-9-6-13/h13-16,18H,2-12H2,1H3. The largest absolute Gasteiger partial charge is 0.340 e. The zero-order valence-electron chi connectivity index (χ0n) is 13.4. The van der Waals surface area contributed by atoms with Crippen LogP contribution in [0, 0.1) is 5.92 Å². The summed E-state index contributed by atoms with van der Waals surface area (Å²) in [5.41, 5.74) is 0. The molecule has 2 atom stereocenters. The van der Waals surface area contributed by atoms with E-state index in [1.54, 1.807) is 0 Å². The van der Waals surface area contributed by atoms with Gasteiger partial charge in [0.1, 0.15) is 0 Å². The van der Waals surface area contributed by atoms with Gasteiger partial charge < -0.3 is 10.2 Å². The lowest BCUT2D eigenvalue weighted by molar-refractivity contribution is -0.135. The summed E-state index contributed by atoms with van der Waals surface area (Å²) in [7, 11) is 0. The lowest BCUT2D eigenvalue weighted by Gasteiger charge is -2.38. The van der Waals surface area contributed by atoms with Crippen LogP contribution in [0.4, 0.5) is 0 Å².